The fourth-order valence-electron chi connectivity index (χ4n) is 11.0. The topological polar surface area (TPSA) is 257 Å². The fraction of sp³-hybridized carbons (Fsp3) is 0.0667. The third kappa shape index (κ3) is 8.32. The predicted octanol–water partition coefficient (Wildman–Crippen LogP) is 12.8. The van der Waals surface area contributed by atoms with E-state index in [1.54, 1.807) is 36.4 Å². The van der Waals surface area contributed by atoms with Crippen LogP contribution in [0.1, 0.15) is 41.4 Å². The van der Waals surface area contributed by atoms with Crippen LogP contribution in [0.3, 0.4) is 0 Å². The number of hydrogen-bond donors (Lipinski definition) is 4. The number of amides is 4. The number of anilines is 2. The first-order chi connectivity index (χ1) is 38.6. The van der Waals surface area contributed by atoms with Gasteiger partial charge in [-0.3, -0.25) is 38.1 Å². The molecule has 4 N–H and O–H groups in total. The van der Waals surface area contributed by atoms with E-state index in [1.165, 1.54) is 58.3 Å². The molecule has 0 aliphatic carbocycles. The van der Waals surface area contributed by atoms with Crippen molar-refractivity contribution in [1.82, 2.24) is 9.80 Å². The molecule has 0 saturated heterocycles. The van der Waals surface area contributed by atoms with Crippen molar-refractivity contribution in [2.75, 3.05) is 36.8 Å². The van der Waals surface area contributed by atoms with Crippen LogP contribution >= 0.6 is 0 Å². The standard InChI is InChI=1S/C60H40N8O10S2/c69-57-45-21-17-41-43-19-23-47-56-48(60(72)68(59(47)71)32-30-62-50-26-28-52(40-8-4-2-6-38(40)50)66-64-34-11-15-36(16-12-34)80(76,77)78)24-20-44(54(43)56)42-18-22-46(55(45)53(41)42)58(70)67(57)31-29-61-49-25-27-51(39-7-3-1-5-37(39)49)65-63-33-9-13-35(14-10-33)79(73,74)75/h1-28,61-62H,29-32H2,(H,73,74,75)(H,76,77,78). The SMILES string of the molecule is O=C1c2ccc3c4ccc5c6c(ccc(c7ccc(c2c37)C(=O)N1CCNc1ccc(N=Nc2ccc(S(=O)(=O)O)cc2)c2ccccc12)c64)C(=O)N(CCNc1ccc(N=Nc2ccc(S(=O)(=O)O)cc2)c2ccccc12)C5=O. The van der Waals surface area contributed by atoms with E-state index >= 15 is 0 Å². The van der Waals surface area contributed by atoms with Gasteiger partial charge >= 0.3 is 0 Å². The van der Waals surface area contributed by atoms with Crippen LogP contribution in [-0.4, -0.2) is 85.5 Å². The Balaban J connectivity index is 0.730. The van der Waals surface area contributed by atoms with E-state index in [0.717, 1.165) is 65.2 Å². The Morgan fingerprint density at radius 2 is 0.675 bits per heavy atom. The summed E-state index contributed by atoms with van der Waals surface area (Å²) in [6.07, 6.45) is 0. The van der Waals surface area contributed by atoms with Crippen LogP contribution in [0.4, 0.5) is 34.1 Å². The van der Waals surface area contributed by atoms with Crippen LogP contribution in [0.15, 0.2) is 200 Å². The first-order valence-corrected chi connectivity index (χ1v) is 27.9. The van der Waals surface area contributed by atoms with Gasteiger partial charge in [-0.2, -0.15) is 27.1 Å². The molecule has 4 amide bonds. The Labute approximate surface area is 454 Å². The normalized spacial score (nSPS) is 14.0. The molecule has 0 unspecified atom stereocenters. The third-order valence-electron chi connectivity index (χ3n) is 14.7. The van der Waals surface area contributed by atoms with Gasteiger partial charge in [-0.15, -0.1) is 10.2 Å². The van der Waals surface area contributed by atoms with Crippen LogP contribution in [0.5, 0.6) is 0 Å². The molecule has 0 bridgehead atoms. The summed E-state index contributed by atoms with van der Waals surface area (Å²) in [6.45, 7) is 0.577. The summed E-state index contributed by atoms with van der Waals surface area (Å²) >= 11 is 0. The molecule has 392 valence electrons. The highest BCUT2D eigenvalue weighted by atomic mass is 32.2. The Kier molecular flexibility index (Phi) is 11.8. The molecule has 18 nitrogen and oxygen atoms in total. The number of nitrogens with zero attached hydrogens (tertiary/aromatic N) is 6. The maximum absolute atomic E-state index is 14.4. The molecule has 80 heavy (non-hydrogen) atoms. The molecule has 0 spiro atoms. The molecule has 0 saturated carbocycles. The second kappa shape index (κ2) is 19.0. The van der Waals surface area contributed by atoms with Crippen molar-refractivity contribution >= 4 is 143 Å². The van der Waals surface area contributed by atoms with E-state index in [2.05, 4.69) is 31.1 Å². The number of nitrogens with one attached hydrogen (secondary N) is 2. The van der Waals surface area contributed by atoms with Crippen LogP contribution in [0.2, 0.25) is 0 Å². The first kappa shape index (κ1) is 49.7. The minimum Gasteiger partial charge on any atom is -0.383 e. The molecule has 0 atom stereocenters. The quantitative estimate of drug-likeness (QED) is 0.0261. The summed E-state index contributed by atoms with van der Waals surface area (Å²) in [5, 5.41) is 33.0. The number of fused-ring (bicyclic) bond motifs is 4. The van der Waals surface area contributed by atoms with Crippen LogP contribution in [0.25, 0.3) is 64.6 Å². The summed E-state index contributed by atoms with van der Waals surface area (Å²) in [5.41, 5.74) is 4.88. The van der Waals surface area contributed by atoms with Gasteiger partial charge in [-0.05, 0) is 129 Å². The van der Waals surface area contributed by atoms with Gasteiger partial charge in [0.2, 0.25) is 0 Å². The lowest BCUT2D eigenvalue weighted by Gasteiger charge is -2.30. The Hall–Kier alpha value is -9.86. The van der Waals surface area contributed by atoms with Gasteiger partial charge in [0.15, 0.2) is 0 Å². The van der Waals surface area contributed by atoms with Gasteiger partial charge in [0, 0.05) is 92.1 Å². The molecule has 2 aliphatic rings. The number of carbonyl (C=O) groups excluding carboxylic acids is 4. The highest BCUT2D eigenvalue weighted by molar-refractivity contribution is 7.86. The summed E-state index contributed by atoms with van der Waals surface area (Å²) < 4.78 is 64.5. The molecular formula is C60H40N8O10S2. The van der Waals surface area contributed by atoms with Gasteiger partial charge in [-0.25, -0.2) is 0 Å². The van der Waals surface area contributed by atoms with Crippen LogP contribution in [0, 0.1) is 0 Å². The van der Waals surface area contributed by atoms with Crippen LogP contribution in [-0.2, 0) is 20.2 Å². The maximum atomic E-state index is 14.4. The van der Waals surface area contributed by atoms with E-state index in [4.69, 9.17) is 0 Å². The fourth-order valence-corrected chi connectivity index (χ4v) is 12.0. The van der Waals surface area contributed by atoms with Crippen molar-refractivity contribution in [2.24, 2.45) is 20.5 Å². The second-order valence-electron chi connectivity index (χ2n) is 19.2. The monoisotopic (exact) mass is 1100 g/mol. The summed E-state index contributed by atoms with van der Waals surface area (Å²) in [5.74, 6) is -1.73. The van der Waals surface area contributed by atoms with Crippen molar-refractivity contribution in [3.63, 3.8) is 0 Å². The summed E-state index contributed by atoms with van der Waals surface area (Å²) in [4.78, 5) is 59.6. The minimum absolute atomic E-state index is 0.0582. The van der Waals surface area contributed by atoms with E-state index < -0.39 is 43.9 Å². The van der Waals surface area contributed by atoms with Gasteiger partial charge in [0.25, 0.3) is 43.9 Å². The average molecular weight is 1100 g/mol. The molecule has 13 rings (SSSR count). The van der Waals surface area contributed by atoms with E-state index in [0.29, 0.717) is 55.8 Å². The molecule has 0 fully saturated rings. The summed E-state index contributed by atoms with van der Waals surface area (Å²) in [6, 6.07) is 47.4. The smallest absolute Gasteiger partial charge is 0.294 e. The minimum atomic E-state index is -4.35. The second-order valence-corrected chi connectivity index (χ2v) is 22.1. The molecule has 0 radical (unpaired) electrons. The Morgan fingerprint density at radius 3 is 1.00 bits per heavy atom. The van der Waals surface area contributed by atoms with Gasteiger partial charge in [0.05, 0.1) is 32.5 Å². The molecule has 0 aromatic heterocycles. The van der Waals surface area contributed by atoms with E-state index in [-0.39, 0.29) is 36.0 Å². The van der Waals surface area contributed by atoms with Crippen molar-refractivity contribution in [2.45, 2.75) is 9.79 Å². The zero-order valence-corrected chi connectivity index (χ0v) is 43.3. The molecule has 11 aromatic carbocycles. The average Bonchev–Trinajstić information content (AvgIpc) is 3.54. The Morgan fingerprint density at radius 1 is 0.350 bits per heavy atom. The zero-order chi connectivity index (χ0) is 55.2. The number of carbonyl (C=O) groups is 4. The first-order valence-electron chi connectivity index (χ1n) is 25.0. The highest BCUT2D eigenvalue weighted by Gasteiger charge is 2.37. The molecule has 11 aromatic rings. The van der Waals surface area contributed by atoms with Crippen LogP contribution < -0.4 is 10.6 Å². The largest absolute Gasteiger partial charge is 0.383 e. The number of benzene rings is 11. The Bertz CT molecular complexity index is 4400. The number of imide groups is 2. The van der Waals surface area contributed by atoms with E-state index in [1.807, 2.05) is 84.9 Å². The van der Waals surface area contributed by atoms with Gasteiger partial charge < -0.3 is 10.6 Å². The lowest BCUT2D eigenvalue weighted by atomic mass is 9.82. The van der Waals surface area contributed by atoms with Gasteiger partial charge in [0.1, 0.15) is 0 Å². The maximum Gasteiger partial charge on any atom is 0.294 e. The van der Waals surface area contributed by atoms with Gasteiger partial charge in [-0.1, -0.05) is 72.8 Å². The third-order valence-corrected chi connectivity index (χ3v) is 16.5. The highest BCUT2D eigenvalue weighted by Crippen LogP contribution is 2.46. The lowest BCUT2D eigenvalue weighted by molar-refractivity contribution is 0.0601. The number of azo groups is 2. The zero-order valence-electron chi connectivity index (χ0n) is 41.7. The van der Waals surface area contributed by atoms with Crippen molar-refractivity contribution in [3.05, 3.63) is 192 Å². The number of hydrogen-bond acceptors (Lipinski definition) is 14. The van der Waals surface area contributed by atoms with Crippen molar-refractivity contribution < 1.29 is 45.1 Å². The molecule has 2 aliphatic heterocycles. The molecular weight excluding hydrogens is 1060 g/mol. The summed E-state index contributed by atoms with van der Waals surface area (Å²) in [7, 11) is -8.70. The lowest BCUT2D eigenvalue weighted by Crippen LogP contribution is -2.43. The van der Waals surface area contributed by atoms with Crippen molar-refractivity contribution in [1.29, 1.82) is 0 Å². The van der Waals surface area contributed by atoms with Crippen molar-refractivity contribution in [3.8, 4) is 0 Å². The number of rotatable bonds is 14. The predicted molar refractivity (Wildman–Crippen MR) is 304 cm³/mol. The molecule has 2 heterocycles. The van der Waals surface area contributed by atoms with E-state index in [9.17, 15) is 45.1 Å². The molecule has 20 heteroatoms.